The second-order valence-corrected chi connectivity index (χ2v) is 4.46. The van der Waals surface area contributed by atoms with Gasteiger partial charge < -0.3 is 15.5 Å². The molecular formula is C13H21N3O2. The number of carbonyl (C=O) groups excluding carboxylic acids is 1. The van der Waals surface area contributed by atoms with E-state index in [1.807, 2.05) is 26.0 Å². The number of carbonyl (C=O) groups is 1. The Balaban J connectivity index is 2.68. The topological polar surface area (TPSA) is 76.4 Å². The quantitative estimate of drug-likeness (QED) is 0.526. The highest BCUT2D eigenvalue weighted by molar-refractivity contribution is 5.99. The minimum absolute atomic E-state index is 0.130. The average molecular weight is 251 g/mol. The number of benzene rings is 1. The number of aryl methyl sites for hydroxylation is 1. The normalized spacial score (nSPS) is 12.0. The van der Waals surface area contributed by atoms with Crippen molar-refractivity contribution in [2.45, 2.75) is 13.8 Å². The van der Waals surface area contributed by atoms with Crippen LogP contribution in [0.4, 0.5) is 5.69 Å². The van der Waals surface area contributed by atoms with Crippen molar-refractivity contribution in [3.8, 4) is 0 Å². The van der Waals surface area contributed by atoms with Crippen molar-refractivity contribution in [1.82, 2.24) is 5.32 Å². The summed E-state index contributed by atoms with van der Waals surface area (Å²) >= 11 is 0. The maximum atomic E-state index is 12.0. The number of hydrogen-bond acceptors (Lipinski definition) is 4. The number of anilines is 1. The molecule has 0 radical (unpaired) electrons. The van der Waals surface area contributed by atoms with Gasteiger partial charge in [0, 0.05) is 13.7 Å². The molecule has 0 aliphatic rings. The van der Waals surface area contributed by atoms with Gasteiger partial charge in [-0.2, -0.15) is 0 Å². The van der Waals surface area contributed by atoms with Crippen molar-refractivity contribution < 1.29 is 9.53 Å². The van der Waals surface area contributed by atoms with Crippen molar-refractivity contribution in [2.75, 3.05) is 25.7 Å². The number of hydrazine groups is 1. The van der Waals surface area contributed by atoms with Gasteiger partial charge in [-0.05, 0) is 25.0 Å². The van der Waals surface area contributed by atoms with Gasteiger partial charge in [0.25, 0.3) is 5.91 Å². The number of nitrogens with two attached hydrogens (primary N) is 1. The summed E-state index contributed by atoms with van der Waals surface area (Å²) in [4.78, 5) is 12.0. The van der Waals surface area contributed by atoms with E-state index in [0.717, 1.165) is 5.56 Å². The Morgan fingerprint density at radius 1 is 1.50 bits per heavy atom. The van der Waals surface area contributed by atoms with Crippen molar-refractivity contribution >= 4 is 11.6 Å². The lowest BCUT2D eigenvalue weighted by Crippen LogP contribution is -2.30. The molecule has 1 atom stereocenters. The predicted molar refractivity (Wildman–Crippen MR) is 72.4 cm³/mol. The van der Waals surface area contributed by atoms with Gasteiger partial charge in [0.1, 0.15) is 0 Å². The molecule has 5 heteroatoms. The predicted octanol–water partition coefficient (Wildman–Crippen LogP) is 1.29. The third-order valence-electron chi connectivity index (χ3n) is 2.64. The van der Waals surface area contributed by atoms with Gasteiger partial charge in [0.05, 0.1) is 17.9 Å². The van der Waals surface area contributed by atoms with E-state index in [-0.39, 0.29) is 11.8 Å². The molecule has 4 N–H and O–H groups in total. The monoisotopic (exact) mass is 251 g/mol. The summed E-state index contributed by atoms with van der Waals surface area (Å²) in [5, 5.41) is 2.87. The molecule has 5 nitrogen and oxygen atoms in total. The standard InChI is InChI=1S/C13H21N3O2/c1-9-4-5-12(16-14)11(6-9)13(17)15-7-10(2)8-18-3/h4-6,10,16H,7-8,14H2,1-3H3,(H,15,17). The van der Waals surface area contributed by atoms with Crippen molar-refractivity contribution in [1.29, 1.82) is 0 Å². The molecule has 0 aliphatic carbocycles. The van der Waals surface area contributed by atoms with Crippen LogP contribution in [0.2, 0.25) is 0 Å². The lowest BCUT2D eigenvalue weighted by atomic mass is 10.1. The number of amides is 1. The van der Waals surface area contributed by atoms with Crippen molar-refractivity contribution in [3.05, 3.63) is 29.3 Å². The first-order chi connectivity index (χ1) is 8.58. The molecule has 1 rings (SSSR count). The molecule has 1 aromatic carbocycles. The van der Waals surface area contributed by atoms with E-state index in [2.05, 4.69) is 10.7 Å². The van der Waals surface area contributed by atoms with Crippen molar-refractivity contribution in [2.24, 2.45) is 11.8 Å². The maximum absolute atomic E-state index is 12.0. The zero-order chi connectivity index (χ0) is 13.5. The summed E-state index contributed by atoms with van der Waals surface area (Å²) in [5.74, 6) is 5.54. The van der Waals surface area contributed by atoms with Gasteiger partial charge in [-0.25, -0.2) is 0 Å². The fourth-order valence-corrected chi connectivity index (χ4v) is 1.68. The Morgan fingerprint density at radius 2 is 2.22 bits per heavy atom. The third kappa shape index (κ3) is 4.01. The third-order valence-corrected chi connectivity index (χ3v) is 2.64. The summed E-state index contributed by atoms with van der Waals surface area (Å²) in [6.45, 7) is 5.15. The number of ether oxygens (including phenoxy) is 1. The zero-order valence-electron chi connectivity index (χ0n) is 11.1. The molecule has 1 aromatic rings. The van der Waals surface area contributed by atoms with Crippen LogP contribution in [0, 0.1) is 12.8 Å². The lowest BCUT2D eigenvalue weighted by molar-refractivity contribution is 0.0935. The first-order valence-electron chi connectivity index (χ1n) is 5.93. The summed E-state index contributed by atoms with van der Waals surface area (Å²) in [5.41, 5.74) is 4.73. The molecule has 0 spiro atoms. The van der Waals surface area contributed by atoms with E-state index in [1.54, 1.807) is 13.2 Å². The SMILES string of the molecule is COCC(C)CNC(=O)c1cc(C)ccc1NN. The molecule has 0 heterocycles. The summed E-state index contributed by atoms with van der Waals surface area (Å²) < 4.78 is 5.02. The van der Waals surface area contributed by atoms with E-state index in [4.69, 9.17) is 10.6 Å². The van der Waals surface area contributed by atoms with E-state index in [9.17, 15) is 4.79 Å². The minimum atomic E-state index is -0.130. The number of nitrogens with one attached hydrogen (secondary N) is 2. The highest BCUT2D eigenvalue weighted by atomic mass is 16.5. The van der Waals surface area contributed by atoms with Crippen LogP contribution in [-0.2, 0) is 4.74 Å². The van der Waals surface area contributed by atoms with Gasteiger partial charge in [0.2, 0.25) is 0 Å². The van der Waals surface area contributed by atoms with Crippen LogP contribution < -0.4 is 16.6 Å². The number of methoxy groups -OCH3 is 1. The number of rotatable bonds is 6. The average Bonchev–Trinajstić information content (AvgIpc) is 2.36. The van der Waals surface area contributed by atoms with Crippen LogP contribution in [0.15, 0.2) is 18.2 Å². The molecular weight excluding hydrogens is 230 g/mol. The van der Waals surface area contributed by atoms with Crippen LogP contribution in [0.5, 0.6) is 0 Å². The Labute approximate surface area is 108 Å². The molecule has 1 amide bonds. The van der Waals surface area contributed by atoms with E-state index in [1.165, 1.54) is 0 Å². The van der Waals surface area contributed by atoms with Gasteiger partial charge in [-0.15, -0.1) is 0 Å². The summed E-state index contributed by atoms with van der Waals surface area (Å²) in [6, 6.07) is 5.51. The molecule has 0 saturated heterocycles. The van der Waals surface area contributed by atoms with Gasteiger partial charge in [-0.3, -0.25) is 10.6 Å². The highest BCUT2D eigenvalue weighted by Crippen LogP contribution is 2.16. The van der Waals surface area contributed by atoms with E-state index >= 15 is 0 Å². The molecule has 100 valence electrons. The van der Waals surface area contributed by atoms with Crippen LogP contribution in [-0.4, -0.2) is 26.2 Å². The molecule has 0 aliphatic heterocycles. The molecule has 0 aromatic heterocycles. The highest BCUT2D eigenvalue weighted by Gasteiger charge is 2.12. The smallest absolute Gasteiger partial charge is 0.253 e. The van der Waals surface area contributed by atoms with Crippen LogP contribution in [0.25, 0.3) is 0 Å². The first kappa shape index (κ1) is 14.5. The second kappa shape index (κ2) is 6.98. The van der Waals surface area contributed by atoms with Crippen molar-refractivity contribution in [3.63, 3.8) is 0 Å². The van der Waals surface area contributed by atoms with Crippen LogP contribution in [0.1, 0.15) is 22.8 Å². The molecule has 0 bridgehead atoms. The Kier molecular flexibility index (Phi) is 5.61. The maximum Gasteiger partial charge on any atom is 0.253 e. The largest absolute Gasteiger partial charge is 0.384 e. The van der Waals surface area contributed by atoms with Gasteiger partial charge in [0.15, 0.2) is 0 Å². The number of hydrogen-bond donors (Lipinski definition) is 3. The fourth-order valence-electron chi connectivity index (χ4n) is 1.68. The van der Waals surface area contributed by atoms with Crippen LogP contribution >= 0.6 is 0 Å². The fraction of sp³-hybridized carbons (Fsp3) is 0.462. The minimum Gasteiger partial charge on any atom is -0.384 e. The molecule has 0 fully saturated rings. The Bertz CT molecular complexity index is 407. The molecule has 0 saturated carbocycles. The first-order valence-corrected chi connectivity index (χ1v) is 5.93. The zero-order valence-corrected chi connectivity index (χ0v) is 11.1. The van der Waals surface area contributed by atoms with Crippen LogP contribution in [0.3, 0.4) is 0 Å². The summed E-state index contributed by atoms with van der Waals surface area (Å²) in [6.07, 6.45) is 0. The Hall–Kier alpha value is -1.59. The summed E-state index contributed by atoms with van der Waals surface area (Å²) in [7, 11) is 1.65. The number of nitrogen functional groups attached to an aromatic ring is 1. The Morgan fingerprint density at radius 3 is 2.83 bits per heavy atom. The molecule has 18 heavy (non-hydrogen) atoms. The van der Waals surface area contributed by atoms with Gasteiger partial charge >= 0.3 is 0 Å². The lowest BCUT2D eigenvalue weighted by Gasteiger charge is -2.13. The molecule has 1 unspecified atom stereocenters. The van der Waals surface area contributed by atoms with Gasteiger partial charge in [-0.1, -0.05) is 18.6 Å². The van der Waals surface area contributed by atoms with E-state index in [0.29, 0.717) is 24.4 Å². The van der Waals surface area contributed by atoms with E-state index < -0.39 is 0 Å². The second-order valence-electron chi connectivity index (χ2n) is 4.46.